The summed E-state index contributed by atoms with van der Waals surface area (Å²) >= 11 is 1.44. The number of fused-ring (bicyclic) bond motifs is 1. The zero-order valence-electron chi connectivity index (χ0n) is 23.2. The van der Waals surface area contributed by atoms with Crippen molar-refractivity contribution in [1.29, 1.82) is 0 Å². The monoisotopic (exact) mass is 557 g/mol. The summed E-state index contributed by atoms with van der Waals surface area (Å²) in [5.41, 5.74) is 2.75. The van der Waals surface area contributed by atoms with Crippen molar-refractivity contribution in [1.82, 2.24) is 15.2 Å². The Balaban J connectivity index is 1.13. The Labute approximate surface area is 239 Å². The number of hydrogen-bond donors (Lipinski definition) is 1. The average Bonchev–Trinajstić information content (AvgIpc) is 3.33. The van der Waals surface area contributed by atoms with Gasteiger partial charge in [-0.1, -0.05) is 39.0 Å². The van der Waals surface area contributed by atoms with Crippen LogP contribution in [0.5, 0.6) is 0 Å². The molecule has 0 bridgehead atoms. The molecule has 0 radical (unpaired) electrons. The van der Waals surface area contributed by atoms with Crippen molar-refractivity contribution >= 4 is 40.6 Å². The van der Waals surface area contributed by atoms with Gasteiger partial charge in [-0.25, -0.2) is 4.98 Å². The highest BCUT2D eigenvalue weighted by atomic mass is 32.1. The minimum Gasteiger partial charge on any atom is -0.353 e. The number of benzene rings is 1. The summed E-state index contributed by atoms with van der Waals surface area (Å²) in [5.74, 6) is 1.92. The van der Waals surface area contributed by atoms with E-state index in [9.17, 15) is 14.4 Å². The Morgan fingerprint density at radius 3 is 2.42 bits per heavy atom. The van der Waals surface area contributed by atoms with Gasteiger partial charge in [-0.05, 0) is 64.4 Å². The molecule has 2 aromatic heterocycles. The van der Waals surface area contributed by atoms with Crippen LogP contribution < -0.4 is 15.1 Å². The van der Waals surface area contributed by atoms with Gasteiger partial charge in [0.25, 0.3) is 11.8 Å². The summed E-state index contributed by atoms with van der Waals surface area (Å²) < 4.78 is 0. The van der Waals surface area contributed by atoms with Crippen LogP contribution >= 0.6 is 11.3 Å². The maximum atomic E-state index is 13.6. The first-order valence-electron chi connectivity index (χ1n) is 13.9. The largest absolute Gasteiger partial charge is 0.353 e. The molecule has 1 aromatic carbocycles. The lowest BCUT2D eigenvalue weighted by Gasteiger charge is -2.29. The first-order chi connectivity index (χ1) is 19.2. The summed E-state index contributed by atoms with van der Waals surface area (Å²) in [5, 5.41) is 4.75. The van der Waals surface area contributed by atoms with Crippen LogP contribution in [-0.4, -0.2) is 66.9 Å². The van der Waals surface area contributed by atoms with E-state index < -0.39 is 0 Å². The van der Waals surface area contributed by atoms with Gasteiger partial charge in [0.1, 0.15) is 5.82 Å². The molecule has 3 fully saturated rings. The number of thiophene rings is 1. The first-order valence-corrected chi connectivity index (χ1v) is 14.8. The Morgan fingerprint density at radius 2 is 1.82 bits per heavy atom. The van der Waals surface area contributed by atoms with Crippen LogP contribution in [0.15, 0.2) is 60.1 Å². The number of rotatable bonds is 6. The number of nitrogens with one attached hydrogen (secondary N) is 1. The zero-order chi connectivity index (χ0) is 28.0. The number of pyridine rings is 1. The van der Waals surface area contributed by atoms with E-state index in [0.29, 0.717) is 42.3 Å². The third-order valence-corrected chi connectivity index (χ3v) is 9.29. The van der Waals surface area contributed by atoms with Gasteiger partial charge in [0.05, 0.1) is 23.3 Å². The van der Waals surface area contributed by atoms with Crippen LogP contribution in [0.2, 0.25) is 0 Å². The summed E-state index contributed by atoms with van der Waals surface area (Å²) in [4.78, 5) is 49.6. The maximum absolute atomic E-state index is 13.6. The molecular formula is C31H35N5O3S. The standard InChI is InChI=1S/C31H35N5O3S/c1-31(2,3)21-8-6-20(7-9-21)29(38)35-16-23-24(17-35)25(23)18-36(30(39)26-5-4-14-40-26)22-10-11-27(33-15-22)34-13-12-32-28(37)19-34/h4-11,14-15,23-25H,12-13,16-19H2,1-3H3,(H,32,37). The SMILES string of the molecule is CC(C)(C)c1ccc(C(=O)N2CC3C(C2)C3CN(C(=O)c2cccs2)c2ccc(N3CCNC(=O)C3)nc2)cc1. The highest BCUT2D eigenvalue weighted by Gasteiger charge is 2.57. The molecule has 3 amide bonds. The summed E-state index contributed by atoms with van der Waals surface area (Å²) in [7, 11) is 0. The molecule has 3 aliphatic rings. The number of likely N-dealkylation sites (tertiary alicyclic amines) is 1. The van der Waals surface area contributed by atoms with Crippen LogP contribution in [0.4, 0.5) is 11.5 Å². The number of piperidine rings is 1. The fourth-order valence-corrected chi connectivity index (χ4v) is 6.66. The quantitative estimate of drug-likeness (QED) is 0.495. The number of nitrogens with zero attached hydrogens (tertiary/aromatic N) is 4. The molecule has 8 nitrogen and oxygen atoms in total. The summed E-state index contributed by atoms with van der Waals surface area (Å²) in [6, 6.07) is 15.6. The second-order valence-electron chi connectivity index (χ2n) is 12.1. The van der Waals surface area contributed by atoms with Gasteiger partial charge in [0.2, 0.25) is 5.91 Å². The normalized spacial score (nSPS) is 22.1. The van der Waals surface area contributed by atoms with Gasteiger partial charge in [0, 0.05) is 38.3 Å². The number of carbonyl (C=O) groups excluding carboxylic acids is 3. The van der Waals surface area contributed by atoms with E-state index in [0.717, 1.165) is 30.2 Å². The van der Waals surface area contributed by atoms with Gasteiger partial charge >= 0.3 is 0 Å². The number of carbonyl (C=O) groups is 3. The molecule has 0 spiro atoms. The number of piperazine rings is 1. The van der Waals surface area contributed by atoms with Crippen molar-refractivity contribution < 1.29 is 14.4 Å². The molecular weight excluding hydrogens is 522 g/mol. The minimum atomic E-state index is -0.0289. The molecule has 2 atom stereocenters. The molecule has 2 unspecified atom stereocenters. The van der Waals surface area contributed by atoms with Gasteiger partial charge in [-0.3, -0.25) is 14.4 Å². The van der Waals surface area contributed by atoms with Gasteiger partial charge in [-0.2, -0.15) is 0 Å². The third-order valence-electron chi connectivity index (χ3n) is 8.43. The summed E-state index contributed by atoms with van der Waals surface area (Å²) in [6.07, 6.45) is 1.74. The molecule has 9 heteroatoms. The van der Waals surface area contributed by atoms with Crippen LogP contribution in [0.1, 0.15) is 46.4 Å². The molecule has 208 valence electrons. The smallest absolute Gasteiger partial charge is 0.268 e. The van der Waals surface area contributed by atoms with Gasteiger partial charge in [0.15, 0.2) is 0 Å². The third kappa shape index (κ3) is 5.22. The highest BCUT2D eigenvalue weighted by molar-refractivity contribution is 7.12. The van der Waals surface area contributed by atoms with Crippen LogP contribution in [0.3, 0.4) is 0 Å². The van der Waals surface area contributed by atoms with Crippen molar-refractivity contribution in [3.8, 4) is 0 Å². The van der Waals surface area contributed by atoms with Crippen molar-refractivity contribution in [2.24, 2.45) is 17.8 Å². The van der Waals surface area contributed by atoms with E-state index in [2.05, 4.69) is 43.2 Å². The van der Waals surface area contributed by atoms with Crippen LogP contribution in [0.25, 0.3) is 0 Å². The lowest BCUT2D eigenvalue weighted by molar-refractivity contribution is -0.120. The van der Waals surface area contributed by atoms with E-state index in [1.807, 2.05) is 56.5 Å². The number of hydrogen-bond acceptors (Lipinski definition) is 6. The Hall–Kier alpha value is -3.72. The van der Waals surface area contributed by atoms with Crippen LogP contribution in [-0.2, 0) is 10.2 Å². The van der Waals surface area contributed by atoms with E-state index in [4.69, 9.17) is 0 Å². The second-order valence-corrected chi connectivity index (χ2v) is 13.0. The second kappa shape index (κ2) is 10.4. The average molecular weight is 558 g/mol. The van der Waals surface area contributed by atoms with E-state index >= 15 is 0 Å². The van der Waals surface area contributed by atoms with E-state index in [-0.39, 0.29) is 29.7 Å². The number of amides is 3. The lowest BCUT2D eigenvalue weighted by Crippen LogP contribution is -2.48. The van der Waals surface area contributed by atoms with E-state index in [1.54, 1.807) is 6.20 Å². The predicted molar refractivity (Wildman–Crippen MR) is 157 cm³/mol. The molecule has 1 aliphatic carbocycles. The molecule has 6 rings (SSSR count). The van der Waals surface area contributed by atoms with Crippen molar-refractivity contribution in [2.45, 2.75) is 26.2 Å². The fourth-order valence-electron chi connectivity index (χ4n) is 5.99. The van der Waals surface area contributed by atoms with Crippen LogP contribution in [0, 0.1) is 17.8 Å². The molecule has 40 heavy (non-hydrogen) atoms. The van der Waals surface area contributed by atoms with Crippen molar-refractivity contribution in [3.63, 3.8) is 0 Å². The molecule has 1 saturated carbocycles. The predicted octanol–water partition coefficient (Wildman–Crippen LogP) is 4.04. The Morgan fingerprint density at radius 1 is 1.07 bits per heavy atom. The maximum Gasteiger partial charge on any atom is 0.268 e. The topological polar surface area (TPSA) is 85.9 Å². The van der Waals surface area contributed by atoms with Crippen molar-refractivity contribution in [2.75, 3.05) is 49.1 Å². The van der Waals surface area contributed by atoms with Crippen molar-refractivity contribution in [3.05, 3.63) is 76.1 Å². The summed E-state index contributed by atoms with van der Waals surface area (Å²) in [6.45, 7) is 10.1. The lowest BCUT2D eigenvalue weighted by atomic mass is 9.86. The van der Waals surface area contributed by atoms with Gasteiger partial charge in [-0.15, -0.1) is 11.3 Å². The molecule has 1 N–H and O–H groups in total. The van der Waals surface area contributed by atoms with Gasteiger partial charge < -0.3 is 20.0 Å². The molecule has 3 aromatic rings. The number of aromatic nitrogens is 1. The van der Waals surface area contributed by atoms with E-state index in [1.165, 1.54) is 16.9 Å². The molecule has 2 aliphatic heterocycles. The Bertz CT molecular complexity index is 1390. The highest BCUT2D eigenvalue weighted by Crippen LogP contribution is 2.52. The molecule has 2 saturated heterocycles. The number of anilines is 2. The minimum absolute atomic E-state index is 0.0126. The first kappa shape index (κ1) is 26.5. The Kier molecular flexibility index (Phi) is 6.86. The zero-order valence-corrected chi connectivity index (χ0v) is 24.0. The molecule has 4 heterocycles. The fraction of sp³-hybridized carbons (Fsp3) is 0.419.